The zero-order valence-corrected chi connectivity index (χ0v) is 12.9. The summed E-state index contributed by atoms with van der Waals surface area (Å²) in [7, 11) is 0. The van der Waals surface area contributed by atoms with Gasteiger partial charge in [0.15, 0.2) is 0 Å². The molecule has 1 aromatic rings. The zero-order valence-electron chi connectivity index (χ0n) is 12.9. The van der Waals surface area contributed by atoms with Crippen molar-refractivity contribution in [2.75, 3.05) is 19.8 Å². The van der Waals surface area contributed by atoms with Gasteiger partial charge in [-0.15, -0.1) is 0 Å². The molecule has 1 saturated heterocycles. The number of aliphatic hydroxyl groups is 1. The smallest absolute Gasteiger partial charge is 0.254 e. The largest absolute Gasteiger partial charge is 0.477 e. The van der Waals surface area contributed by atoms with E-state index in [-0.39, 0.29) is 18.6 Å². The fraction of sp³-hybridized carbons (Fsp3) is 0.647. The highest BCUT2D eigenvalue weighted by molar-refractivity contribution is 5.94. The van der Waals surface area contributed by atoms with Crippen molar-refractivity contribution in [2.24, 2.45) is 5.92 Å². The molecule has 5 nitrogen and oxygen atoms in total. The molecule has 1 atom stereocenters. The number of carbonyl (C=O) groups excluding carboxylic acids is 1. The fourth-order valence-electron chi connectivity index (χ4n) is 2.99. The van der Waals surface area contributed by atoms with Crippen LogP contribution < -0.4 is 4.74 Å². The number of pyridine rings is 1. The second-order valence-corrected chi connectivity index (χ2v) is 6.30. The highest BCUT2D eigenvalue weighted by atomic mass is 16.5. The van der Waals surface area contributed by atoms with Crippen LogP contribution in [0.25, 0.3) is 0 Å². The lowest BCUT2D eigenvalue weighted by molar-refractivity contribution is 0.0574. The van der Waals surface area contributed by atoms with Crippen LogP contribution in [0.4, 0.5) is 0 Å². The van der Waals surface area contributed by atoms with Crippen molar-refractivity contribution >= 4 is 5.91 Å². The molecule has 2 fully saturated rings. The number of hydrogen-bond donors (Lipinski definition) is 1. The summed E-state index contributed by atoms with van der Waals surface area (Å²) >= 11 is 0. The highest BCUT2D eigenvalue weighted by Crippen LogP contribution is 2.29. The fourth-order valence-corrected chi connectivity index (χ4v) is 2.99. The van der Waals surface area contributed by atoms with Gasteiger partial charge in [0, 0.05) is 37.0 Å². The van der Waals surface area contributed by atoms with Crippen LogP contribution >= 0.6 is 0 Å². The minimum absolute atomic E-state index is 0.0248. The molecule has 1 amide bonds. The Morgan fingerprint density at radius 1 is 1.36 bits per heavy atom. The van der Waals surface area contributed by atoms with Crippen LogP contribution in [-0.2, 0) is 0 Å². The second-order valence-electron chi connectivity index (χ2n) is 6.30. The first-order valence-corrected chi connectivity index (χ1v) is 8.28. The molecule has 22 heavy (non-hydrogen) atoms. The van der Waals surface area contributed by atoms with Crippen molar-refractivity contribution in [2.45, 2.75) is 44.6 Å². The van der Waals surface area contributed by atoms with Gasteiger partial charge < -0.3 is 14.7 Å². The highest BCUT2D eigenvalue weighted by Gasteiger charge is 2.27. The molecule has 1 aliphatic heterocycles. The summed E-state index contributed by atoms with van der Waals surface area (Å²) in [6, 6.07) is 3.64. The van der Waals surface area contributed by atoms with Gasteiger partial charge in [0.05, 0.1) is 6.61 Å². The second kappa shape index (κ2) is 7.09. The number of aromatic nitrogens is 1. The molecule has 1 aliphatic carbocycles. The maximum atomic E-state index is 12.7. The van der Waals surface area contributed by atoms with Crippen molar-refractivity contribution in [3.63, 3.8) is 0 Å². The lowest BCUT2D eigenvalue weighted by Crippen LogP contribution is -2.44. The Bertz CT molecular complexity index is 514. The van der Waals surface area contributed by atoms with Crippen LogP contribution in [0.2, 0.25) is 0 Å². The molecule has 1 aromatic heterocycles. The van der Waals surface area contributed by atoms with Crippen LogP contribution in [0.3, 0.4) is 0 Å². The van der Waals surface area contributed by atoms with Crippen LogP contribution in [-0.4, -0.2) is 46.7 Å². The van der Waals surface area contributed by atoms with Crippen molar-refractivity contribution < 1.29 is 14.6 Å². The van der Waals surface area contributed by atoms with E-state index in [1.807, 2.05) is 4.90 Å². The maximum Gasteiger partial charge on any atom is 0.254 e. The quantitative estimate of drug-likeness (QED) is 0.875. The number of piperidine rings is 1. The molecule has 0 spiro atoms. The predicted octanol–water partition coefficient (Wildman–Crippen LogP) is 2.25. The van der Waals surface area contributed by atoms with Gasteiger partial charge >= 0.3 is 0 Å². The Morgan fingerprint density at radius 3 is 3.00 bits per heavy atom. The number of rotatable bonds is 6. The van der Waals surface area contributed by atoms with E-state index in [0.29, 0.717) is 30.4 Å². The Morgan fingerprint density at radius 2 is 2.23 bits per heavy atom. The van der Waals surface area contributed by atoms with E-state index < -0.39 is 0 Å². The van der Waals surface area contributed by atoms with E-state index >= 15 is 0 Å². The minimum atomic E-state index is 0.0248. The van der Waals surface area contributed by atoms with Crippen LogP contribution in [0.15, 0.2) is 18.3 Å². The normalized spacial score (nSPS) is 21.7. The predicted molar refractivity (Wildman–Crippen MR) is 82.8 cm³/mol. The molecule has 0 unspecified atom stereocenters. The molecular formula is C17H24N2O3. The van der Waals surface area contributed by atoms with E-state index in [1.54, 1.807) is 18.3 Å². The molecule has 1 saturated carbocycles. The van der Waals surface area contributed by atoms with Gasteiger partial charge in [0.2, 0.25) is 5.88 Å². The van der Waals surface area contributed by atoms with Gasteiger partial charge in [-0.05, 0) is 50.5 Å². The molecule has 0 radical (unpaired) electrons. The number of aliphatic hydroxyl groups excluding tert-OH is 1. The third-order valence-electron chi connectivity index (χ3n) is 4.50. The monoisotopic (exact) mass is 304 g/mol. The zero-order chi connectivity index (χ0) is 15.4. The summed E-state index contributed by atoms with van der Waals surface area (Å²) in [6.45, 7) is 1.59. The Labute approximate surface area is 131 Å². The van der Waals surface area contributed by atoms with Crippen LogP contribution in [0.1, 0.15) is 48.9 Å². The number of likely N-dealkylation sites (tertiary alicyclic amines) is 1. The maximum absolute atomic E-state index is 12.7. The van der Waals surface area contributed by atoms with Gasteiger partial charge in [0.1, 0.15) is 0 Å². The van der Waals surface area contributed by atoms with Gasteiger partial charge in [0.25, 0.3) is 5.91 Å². The first-order valence-electron chi connectivity index (χ1n) is 8.28. The summed E-state index contributed by atoms with van der Waals surface area (Å²) in [5.74, 6) is 1.22. The Kier molecular flexibility index (Phi) is 4.93. The number of carbonyl (C=O) groups is 1. The van der Waals surface area contributed by atoms with Crippen molar-refractivity contribution in [1.29, 1.82) is 0 Å². The third kappa shape index (κ3) is 3.77. The Hall–Kier alpha value is -1.62. The summed E-state index contributed by atoms with van der Waals surface area (Å²) < 4.78 is 5.66. The number of amides is 1. The SMILES string of the molecule is O=C(c1ccnc(OCC2CC2)c1)N1CCCC[C@@H]1CCO. The number of ether oxygens (including phenoxy) is 1. The van der Waals surface area contributed by atoms with Crippen molar-refractivity contribution in [3.8, 4) is 5.88 Å². The topological polar surface area (TPSA) is 62.7 Å². The number of hydrogen-bond acceptors (Lipinski definition) is 4. The third-order valence-corrected chi connectivity index (χ3v) is 4.50. The molecule has 0 aromatic carbocycles. The summed E-state index contributed by atoms with van der Waals surface area (Å²) in [6.07, 6.45) is 7.89. The molecule has 1 N–H and O–H groups in total. The summed E-state index contributed by atoms with van der Waals surface area (Å²) in [5.41, 5.74) is 0.630. The molecule has 2 aliphatic rings. The van der Waals surface area contributed by atoms with E-state index in [2.05, 4.69) is 4.98 Å². The first kappa shape index (κ1) is 15.3. The molecule has 120 valence electrons. The standard InChI is InChI=1S/C17H24N2O3/c20-10-7-15-3-1-2-9-19(15)17(21)14-6-8-18-16(11-14)22-12-13-4-5-13/h6,8,11,13,15,20H,1-5,7,9-10,12H2/t15-/m1/s1. The van der Waals surface area contributed by atoms with Gasteiger partial charge in [-0.3, -0.25) is 4.79 Å². The Balaban J connectivity index is 1.68. The van der Waals surface area contributed by atoms with Gasteiger partial charge in [-0.25, -0.2) is 4.98 Å². The minimum Gasteiger partial charge on any atom is -0.477 e. The van der Waals surface area contributed by atoms with Crippen molar-refractivity contribution in [3.05, 3.63) is 23.9 Å². The lowest BCUT2D eigenvalue weighted by Gasteiger charge is -2.35. The molecule has 0 bridgehead atoms. The average molecular weight is 304 g/mol. The van der Waals surface area contributed by atoms with E-state index in [1.165, 1.54) is 12.8 Å². The lowest BCUT2D eigenvalue weighted by atomic mass is 9.98. The van der Waals surface area contributed by atoms with E-state index in [4.69, 9.17) is 4.74 Å². The van der Waals surface area contributed by atoms with E-state index in [9.17, 15) is 9.90 Å². The van der Waals surface area contributed by atoms with Crippen molar-refractivity contribution in [1.82, 2.24) is 9.88 Å². The van der Waals surface area contributed by atoms with Gasteiger partial charge in [-0.2, -0.15) is 0 Å². The van der Waals surface area contributed by atoms with E-state index in [0.717, 1.165) is 25.8 Å². The molecule has 3 rings (SSSR count). The summed E-state index contributed by atoms with van der Waals surface area (Å²) in [5, 5.41) is 9.19. The average Bonchev–Trinajstić information content (AvgIpc) is 3.38. The molecular weight excluding hydrogens is 280 g/mol. The number of nitrogens with zero attached hydrogens (tertiary/aromatic N) is 2. The van der Waals surface area contributed by atoms with Gasteiger partial charge in [-0.1, -0.05) is 0 Å². The van der Waals surface area contributed by atoms with Crippen LogP contribution in [0, 0.1) is 5.92 Å². The summed E-state index contributed by atoms with van der Waals surface area (Å²) in [4.78, 5) is 18.8. The first-order chi connectivity index (χ1) is 10.8. The molecule has 2 heterocycles. The molecule has 5 heteroatoms. The van der Waals surface area contributed by atoms with Crippen LogP contribution in [0.5, 0.6) is 5.88 Å².